The zero-order valence-electron chi connectivity index (χ0n) is 11.8. The Morgan fingerprint density at radius 3 is 2.68 bits per heavy atom. The number of amides is 2. The van der Waals surface area contributed by atoms with Crippen LogP contribution in [0.15, 0.2) is 0 Å². The van der Waals surface area contributed by atoms with Crippen LogP contribution in [0.3, 0.4) is 0 Å². The average Bonchev–Trinajstić information content (AvgIpc) is 2.70. The summed E-state index contributed by atoms with van der Waals surface area (Å²) in [5.41, 5.74) is 0.931. The normalized spacial score (nSPS) is 12.2. The minimum absolute atomic E-state index is 0.166. The molecule has 1 aromatic rings. The number of urea groups is 1. The lowest BCUT2D eigenvalue weighted by Gasteiger charge is -2.14. The third-order valence-electron chi connectivity index (χ3n) is 3.08. The maximum atomic E-state index is 11.7. The molecule has 2 amide bonds. The fourth-order valence-corrected chi connectivity index (χ4v) is 2.67. The van der Waals surface area contributed by atoms with Crippen LogP contribution < -0.4 is 10.6 Å². The Morgan fingerprint density at radius 2 is 2.16 bits per heavy atom. The lowest BCUT2D eigenvalue weighted by Crippen LogP contribution is -2.38. The highest BCUT2D eigenvalue weighted by Crippen LogP contribution is 2.15. The van der Waals surface area contributed by atoms with Crippen molar-refractivity contribution >= 4 is 17.4 Å². The van der Waals surface area contributed by atoms with Gasteiger partial charge < -0.3 is 15.7 Å². The Hall–Kier alpha value is -1.14. The molecule has 0 aliphatic heterocycles. The molecule has 3 N–H and O–H groups in total. The van der Waals surface area contributed by atoms with E-state index < -0.39 is 0 Å². The fraction of sp³-hybridized carbons (Fsp3) is 0.692. The lowest BCUT2D eigenvalue weighted by atomic mass is 10.0. The number of aromatic nitrogens is 1. The van der Waals surface area contributed by atoms with Crippen molar-refractivity contribution in [1.29, 1.82) is 0 Å². The van der Waals surface area contributed by atoms with Crippen molar-refractivity contribution < 1.29 is 9.90 Å². The number of hydrogen-bond acceptors (Lipinski definition) is 4. The van der Waals surface area contributed by atoms with E-state index in [-0.39, 0.29) is 12.6 Å². The molecule has 1 aromatic heterocycles. The highest BCUT2D eigenvalue weighted by molar-refractivity contribution is 7.11. The van der Waals surface area contributed by atoms with Gasteiger partial charge in [0.1, 0.15) is 0 Å². The number of carbonyl (C=O) groups excluding carboxylic acids is 1. The monoisotopic (exact) mass is 285 g/mol. The van der Waals surface area contributed by atoms with E-state index in [9.17, 15) is 4.79 Å². The van der Waals surface area contributed by atoms with Crippen LogP contribution in [0.5, 0.6) is 0 Å². The summed E-state index contributed by atoms with van der Waals surface area (Å²) < 4.78 is 0. The first kappa shape index (κ1) is 15.9. The van der Waals surface area contributed by atoms with Crippen molar-refractivity contribution in [3.8, 4) is 0 Å². The minimum Gasteiger partial charge on any atom is -0.396 e. The van der Waals surface area contributed by atoms with Gasteiger partial charge in [0.25, 0.3) is 0 Å². The molecule has 1 atom stereocenters. The Bertz CT molecular complexity index is 407. The number of rotatable bonds is 7. The molecule has 0 aliphatic rings. The van der Waals surface area contributed by atoms with Crippen molar-refractivity contribution in [2.75, 3.05) is 13.2 Å². The van der Waals surface area contributed by atoms with Crippen LogP contribution in [0, 0.1) is 19.8 Å². The molecule has 0 fully saturated rings. The van der Waals surface area contributed by atoms with Crippen molar-refractivity contribution in [3.63, 3.8) is 0 Å². The number of nitrogens with zero attached hydrogens (tertiary/aromatic N) is 1. The molecular formula is C13H23N3O2S. The molecule has 5 nitrogen and oxygen atoms in total. The third-order valence-corrected chi connectivity index (χ3v) is 4.01. The second kappa shape index (κ2) is 8.12. The molecule has 0 spiro atoms. The van der Waals surface area contributed by atoms with Crippen LogP contribution in [0.1, 0.15) is 35.3 Å². The van der Waals surface area contributed by atoms with Crippen LogP contribution in [0.4, 0.5) is 4.79 Å². The first-order valence-corrected chi connectivity index (χ1v) is 7.43. The number of thiazole rings is 1. The molecule has 0 radical (unpaired) electrons. The van der Waals surface area contributed by atoms with Crippen molar-refractivity contribution in [2.24, 2.45) is 5.92 Å². The molecule has 0 aliphatic carbocycles. The molecular weight excluding hydrogens is 262 g/mol. The van der Waals surface area contributed by atoms with Gasteiger partial charge in [-0.2, -0.15) is 0 Å². The number of aliphatic hydroxyl groups excluding tert-OH is 1. The summed E-state index contributed by atoms with van der Waals surface area (Å²) in [6, 6.07) is -0.179. The quantitative estimate of drug-likeness (QED) is 0.717. The van der Waals surface area contributed by atoms with Crippen molar-refractivity contribution in [1.82, 2.24) is 15.6 Å². The van der Waals surface area contributed by atoms with Gasteiger partial charge in [0.15, 0.2) is 0 Å². The summed E-state index contributed by atoms with van der Waals surface area (Å²) in [5.74, 6) is 0.332. The summed E-state index contributed by atoms with van der Waals surface area (Å²) in [4.78, 5) is 17.2. The number of hydrogen-bond donors (Lipinski definition) is 3. The van der Waals surface area contributed by atoms with Gasteiger partial charge in [-0.25, -0.2) is 9.78 Å². The average molecular weight is 285 g/mol. The predicted molar refractivity (Wildman–Crippen MR) is 77.3 cm³/mol. The van der Waals surface area contributed by atoms with E-state index in [2.05, 4.69) is 22.5 Å². The summed E-state index contributed by atoms with van der Waals surface area (Å²) in [7, 11) is 0. The second-order valence-corrected chi connectivity index (χ2v) is 5.99. The van der Waals surface area contributed by atoms with Crippen molar-refractivity contribution in [3.05, 3.63) is 15.6 Å². The molecule has 1 unspecified atom stereocenters. The van der Waals surface area contributed by atoms with E-state index in [1.54, 1.807) is 11.3 Å². The van der Waals surface area contributed by atoms with E-state index in [1.807, 2.05) is 13.8 Å². The highest BCUT2D eigenvalue weighted by Gasteiger charge is 2.09. The maximum Gasteiger partial charge on any atom is 0.315 e. The third kappa shape index (κ3) is 5.57. The number of nitrogens with one attached hydrogen (secondary N) is 2. The zero-order chi connectivity index (χ0) is 14.3. The second-order valence-electron chi connectivity index (χ2n) is 4.59. The largest absolute Gasteiger partial charge is 0.396 e. The van der Waals surface area contributed by atoms with Crippen LogP contribution >= 0.6 is 11.3 Å². The van der Waals surface area contributed by atoms with E-state index in [0.717, 1.165) is 28.4 Å². The molecule has 0 saturated carbocycles. The van der Waals surface area contributed by atoms with Gasteiger partial charge in [0.05, 0.1) is 17.2 Å². The molecule has 19 heavy (non-hydrogen) atoms. The van der Waals surface area contributed by atoms with E-state index in [4.69, 9.17) is 5.11 Å². The molecule has 0 saturated heterocycles. The standard InChI is InChI=1S/C13H23N3O2S/c1-4-11(5-6-17)7-14-13(18)15-8-12-9(2)19-10(3)16-12/h11,17H,4-8H2,1-3H3,(H2,14,15,18). The van der Waals surface area contributed by atoms with Gasteiger partial charge in [-0.05, 0) is 26.2 Å². The van der Waals surface area contributed by atoms with Gasteiger partial charge in [-0.1, -0.05) is 13.3 Å². The molecule has 1 rings (SSSR count). The Morgan fingerprint density at radius 1 is 1.42 bits per heavy atom. The van der Waals surface area contributed by atoms with Crippen LogP contribution in [-0.4, -0.2) is 29.3 Å². The van der Waals surface area contributed by atoms with Gasteiger partial charge in [0, 0.05) is 18.0 Å². The first-order chi connectivity index (χ1) is 9.06. The zero-order valence-corrected chi connectivity index (χ0v) is 12.6. The molecule has 0 aromatic carbocycles. The van der Waals surface area contributed by atoms with Crippen molar-refractivity contribution in [2.45, 2.75) is 40.2 Å². The number of aliphatic hydroxyl groups is 1. The van der Waals surface area contributed by atoms with Gasteiger partial charge >= 0.3 is 6.03 Å². The minimum atomic E-state index is -0.179. The van der Waals surface area contributed by atoms with Gasteiger partial charge in [0.2, 0.25) is 0 Å². The van der Waals surface area contributed by atoms with Crippen LogP contribution in [0.2, 0.25) is 0 Å². The maximum absolute atomic E-state index is 11.7. The van der Waals surface area contributed by atoms with E-state index in [0.29, 0.717) is 19.0 Å². The molecule has 6 heteroatoms. The van der Waals surface area contributed by atoms with Crippen LogP contribution in [0.25, 0.3) is 0 Å². The molecule has 108 valence electrons. The predicted octanol–water partition coefficient (Wildman–Crippen LogP) is 1.97. The van der Waals surface area contributed by atoms with Gasteiger partial charge in [-0.3, -0.25) is 0 Å². The van der Waals surface area contributed by atoms with Gasteiger partial charge in [-0.15, -0.1) is 11.3 Å². The number of carbonyl (C=O) groups is 1. The smallest absolute Gasteiger partial charge is 0.315 e. The van der Waals surface area contributed by atoms with E-state index in [1.165, 1.54) is 0 Å². The lowest BCUT2D eigenvalue weighted by molar-refractivity contribution is 0.230. The van der Waals surface area contributed by atoms with E-state index >= 15 is 0 Å². The Kier molecular flexibility index (Phi) is 6.80. The summed E-state index contributed by atoms with van der Waals surface area (Å²) in [6.45, 7) is 7.24. The summed E-state index contributed by atoms with van der Waals surface area (Å²) in [5, 5.41) is 15.5. The summed E-state index contributed by atoms with van der Waals surface area (Å²) >= 11 is 1.64. The molecule has 1 heterocycles. The topological polar surface area (TPSA) is 74.2 Å². The first-order valence-electron chi connectivity index (χ1n) is 6.62. The highest BCUT2D eigenvalue weighted by atomic mass is 32.1. The SMILES string of the molecule is CCC(CCO)CNC(=O)NCc1nc(C)sc1C. The molecule has 0 bridgehead atoms. The summed E-state index contributed by atoms with van der Waals surface area (Å²) in [6.07, 6.45) is 1.67. The van der Waals surface area contributed by atoms with Crippen LogP contribution in [-0.2, 0) is 6.54 Å². The fourth-order valence-electron chi connectivity index (χ4n) is 1.83. The Balaban J connectivity index is 2.30. The number of aryl methyl sites for hydroxylation is 2. The Labute approximate surface area is 118 Å².